The number of rotatable bonds is 2. The van der Waals surface area contributed by atoms with Crippen LogP contribution in [-0.2, 0) is 0 Å². The number of pyridine rings is 1. The van der Waals surface area contributed by atoms with Gasteiger partial charge in [-0.1, -0.05) is 0 Å². The maximum Gasteiger partial charge on any atom is 0.265 e. The third-order valence-electron chi connectivity index (χ3n) is 1.54. The number of H-pyrrole nitrogens is 1. The molecule has 7 heteroatoms. The fourth-order valence-corrected chi connectivity index (χ4v) is 0.996. The Hall–Kier alpha value is -1.92. The average molecular weight is 204 g/mol. The number of nitrogens with two attached hydrogens (primary N) is 1. The molecule has 0 spiro atoms. The predicted molar refractivity (Wildman–Crippen MR) is 42.2 cm³/mol. The number of primary amides is 1. The van der Waals surface area contributed by atoms with E-state index in [1.54, 1.807) is 4.98 Å². The van der Waals surface area contributed by atoms with E-state index in [1.807, 2.05) is 0 Å². The van der Waals surface area contributed by atoms with Crippen LogP contribution in [0.3, 0.4) is 0 Å². The SMILES string of the molecule is NC(=O)c1c(C(F)F)cc(=O)[nH]c1O. The van der Waals surface area contributed by atoms with Crippen LogP contribution < -0.4 is 11.3 Å². The maximum atomic E-state index is 12.3. The summed E-state index contributed by atoms with van der Waals surface area (Å²) >= 11 is 0. The van der Waals surface area contributed by atoms with Crippen molar-refractivity contribution < 1.29 is 18.7 Å². The third kappa shape index (κ3) is 1.70. The van der Waals surface area contributed by atoms with Crippen molar-refractivity contribution in [3.63, 3.8) is 0 Å². The highest BCUT2D eigenvalue weighted by Crippen LogP contribution is 2.25. The Balaban J connectivity index is 3.52. The summed E-state index contributed by atoms with van der Waals surface area (Å²) in [5, 5.41) is 9.00. The van der Waals surface area contributed by atoms with Gasteiger partial charge in [0.05, 0.1) is 0 Å². The first kappa shape index (κ1) is 10.2. The number of halogens is 2. The van der Waals surface area contributed by atoms with Crippen LogP contribution in [0.2, 0.25) is 0 Å². The monoisotopic (exact) mass is 204 g/mol. The number of amides is 1. The van der Waals surface area contributed by atoms with E-state index in [0.717, 1.165) is 0 Å². The molecule has 4 N–H and O–H groups in total. The van der Waals surface area contributed by atoms with Gasteiger partial charge in [0.15, 0.2) is 0 Å². The van der Waals surface area contributed by atoms with E-state index in [0.29, 0.717) is 6.07 Å². The van der Waals surface area contributed by atoms with Crippen LogP contribution >= 0.6 is 0 Å². The molecule has 1 heterocycles. The Bertz CT molecular complexity index is 427. The lowest BCUT2D eigenvalue weighted by Crippen LogP contribution is -2.18. The summed E-state index contributed by atoms with van der Waals surface area (Å²) in [5.74, 6) is -2.17. The Kier molecular flexibility index (Phi) is 2.50. The lowest BCUT2D eigenvalue weighted by atomic mass is 10.1. The molecule has 1 aromatic rings. The van der Waals surface area contributed by atoms with Gasteiger partial charge in [-0.2, -0.15) is 0 Å². The van der Waals surface area contributed by atoms with E-state index in [9.17, 15) is 18.4 Å². The summed E-state index contributed by atoms with van der Waals surface area (Å²) in [6.45, 7) is 0. The summed E-state index contributed by atoms with van der Waals surface area (Å²) in [4.78, 5) is 23.1. The summed E-state index contributed by atoms with van der Waals surface area (Å²) in [6.07, 6.45) is -3.05. The number of carbonyl (C=O) groups excluding carboxylic acids is 1. The number of nitrogens with one attached hydrogen (secondary N) is 1. The molecule has 0 saturated heterocycles. The largest absolute Gasteiger partial charge is 0.494 e. The third-order valence-corrected chi connectivity index (χ3v) is 1.54. The molecule has 0 aliphatic heterocycles. The molecule has 5 nitrogen and oxygen atoms in total. The predicted octanol–water partition coefficient (Wildman–Crippen LogP) is 0.117. The standard InChI is InChI=1S/C7H6F2N2O3/c8-5(9)2-1-3(12)11-7(14)4(2)6(10)13/h1,5H,(H2,10,13)(H2,11,12,14). The summed E-state index contributed by atoms with van der Waals surface area (Å²) < 4.78 is 24.6. The summed E-state index contributed by atoms with van der Waals surface area (Å²) in [5.41, 5.74) is 2.18. The molecule has 0 aromatic carbocycles. The van der Waals surface area contributed by atoms with E-state index in [2.05, 4.69) is 0 Å². The van der Waals surface area contributed by atoms with Crippen molar-refractivity contribution in [2.45, 2.75) is 6.43 Å². The fourth-order valence-electron chi connectivity index (χ4n) is 0.996. The Morgan fingerprint density at radius 1 is 1.57 bits per heavy atom. The number of aromatic hydroxyl groups is 1. The van der Waals surface area contributed by atoms with Crippen LogP contribution in [-0.4, -0.2) is 16.0 Å². The minimum absolute atomic E-state index is 0.518. The van der Waals surface area contributed by atoms with Gasteiger partial charge in [-0.25, -0.2) is 8.78 Å². The molecular formula is C7H6F2N2O3. The molecule has 0 aliphatic carbocycles. The van der Waals surface area contributed by atoms with Crippen LogP contribution in [0.15, 0.2) is 10.9 Å². The van der Waals surface area contributed by atoms with Crippen molar-refractivity contribution in [3.8, 4) is 5.88 Å². The molecule has 0 fully saturated rings. The van der Waals surface area contributed by atoms with Crippen molar-refractivity contribution in [3.05, 3.63) is 27.5 Å². The highest BCUT2D eigenvalue weighted by Gasteiger charge is 2.21. The normalized spacial score (nSPS) is 10.5. The highest BCUT2D eigenvalue weighted by atomic mass is 19.3. The van der Waals surface area contributed by atoms with Gasteiger partial charge in [-0.3, -0.25) is 14.6 Å². The molecule has 0 radical (unpaired) electrons. The van der Waals surface area contributed by atoms with Crippen LogP contribution in [0, 0.1) is 0 Å². The first-order valence-corrected chi connectivity index (χ1v) is 3.47. The van der Waals surface area contributed by atoms with Crippen LogP contribution in [0.25, 0.3) is 0 Å². The molecule has 1 aromatic heterocycles. The number of aromatic nitrogens is 1. The highest BCUT2D eigenvalue weighted by molar-refractivity contribution is 5.96. The topological polar surface area (TPSA) is 96.2 Å². The van der Waals surface area contributed by atoms with Crippen LogP contribution in [0.4, 0.5) is 8.78 Å². The van der Waals surface area contributed by atoms with Gasteiger partial charge in [0.2, 0.25) is 5.88 Å². The zero-order valence-corrected chi connectivity index (χ0v) is 6.75. The van der Waals surface area contributed by atoms with E-state index in [4.69, 9.17) is 10.8 Å². The quantitative estimate of drug-likeness (QED) is 0.638. The minimum Gasteiger partial charge on any atom is -0.494 e. The number of hydrogen-bond acceptors (Lipinski definition) is 3. The maximum absolute atomic E-state index is 12.3. The van der Waals surface area contributed by atoms with Crippen molar-refractivity contribution in [2.24, 2.45) is 5.73 Å². The van der Waals surface area contributed by atoms with Crippen molar-refractivity contribution in [1.82, 2.24) is 4.98 Å². The van der Waals surface area contributed by atoms with Crippen molar-refractivity contribution in [1.29, 1.82) is 0 Å². The van der Waals surface area contributed by atoms with Gasteiger partial charge >= 0.3 is 0 Å². The minimum atomic E-state index is -3.05. The number of carbonyl (C=O) groups is 1. The zero-order chi connectivity index (χ0) is 10.9. The van der Waals surface area contributed by atoms with E-state index in [-0.39, 0.29) is 0 Å². The zero-order valence-electron chi connectivity index (χ0n) is 6.75. The first-order chi connectivity index (χ1) is 6.43. The molecule has 1 rings (SSSR count). The smallest absolute Gasteiger partial charge is 0.265 e. The van der Waals surface area contributed by atoms with Gasteiger partial charge in [0, 0.05) is 11.6 Å². The van der Waals surface area contributed by atoms with Gasteiger partial charge in [0.25, 0.3) is 17.9 Å². The van der Waals surface area contributed by atoms with Crippen molar-refractivity contribution >= 4 is 5.91 Å². The molecule has 0 saturated carbocycles. The molecule has 0 bridgehead atoms. The molecule has 0 unspecified atom stereocenters. The number of alkyl halides is 2. The second-order valence-electron chi connectivity index (χ2n) is 2.48. The van der Waals surface area contributed by atoms with Crippen molar-refractivity contribution in [2.75, 3.05) is 0 Å². The lowest BCUT2D eigenvalue weighted by molar-refractivity contribution is 0.0981. The Morgan fingerprint density at radius 2 is 2.14 bits per heavy atom. The first-order valence-electron chi connectivity index (χ1n) is 3.47. The van der Waals surface area contributed by atoms with E-state index < -0.39 is 34.9 Å². The lowest BCUT2D eigenvalue weighted by Gasteiger charge is -2.05. The second kappa shape index (κ2) is 3.44. The van der Waals surface area contributed by atoms with Gasteiger partial charge in [0.1, 0.15) is 5.56 Å². The molecule has 76 valence electrons. The van der Waals surface area contributed by atoms with E-state index >= 15 is 0 Å². The summed E-state index contributed by atoms with van der Waals surface area (Å²) in [7, 11) is 0. The van der Waals surface area contributed by atoms with Gasteiger partial charge in [-0.05, 0) is 0 Å². The molecule has 0 atom stereocenters. The van der Waals surface area contributed by atoms with Gasteiger partial charge < -0.3 is 10.8 Å². The fraction of sp³-hybridized carbons (Fsp3) is 0.143. The van der Waals surface area contributed by atoms with E-state index in [1.165, 1.54) is 0 Å². The molecule has 14 heavy (non-hydrogen) atoms. The molecule has 0 aliphatic rings. The van der Waals surface area contributed by atoms with Gasteiger partial charge in [-0.15, -0.1) is 0 Å². The number of hydrogen-bond donors (Lipinski definition) is 3. The molecular weight excluding hydrogens is 198 g/mol. The Labute approximate surface area is 76.2 Å². The number of aromatic amines is 1. The van der Waals surface area contributed by atoms with Crippen LogP contribution in [0.1, 0.15) is 22.3 Å². The molecule has 1 amide bonds. The summed E-state index contributed by atoms with van der Waals surface area (Å²) in [6, 6.07) is 0.518. The Morgan fingerprint density at radius 3 is 2.57 bits per heavy atom. The average Bonchev–Trinajstić information content (AvgIpc) is 2.01. The second-order valence-corrected chi connectivity index (χ2v) is 2.48. The van der Waals surface area contributed by atoms with Crippen LogP contribution in [0.5, 0.6) is 5.88 Å².